The number of aliphatic hydroxyl groups excluding tert-OH is 1. The third kappa shape index (κ3) is 1.91. The van der Waals surface area contributed by atoms with Gasteiger partial charge in [0.15, 0.2) is 0 Å². The van der Waals surface area contributed by atoms with Gasteiger partial charge in [-0.3, -0.25) is 0 Å². The quantitative estimate of drug-likeness (QED) is 0.839. The van der Waals surface area contributed by atoms with Gasteiger partial charge in [0, 0.05) is 0 Å². The number of unbranched alkanes of at least 4 members (excludes halogenated alkanes) is 1. The third-order valence-electron chi connectivity index (χ3n) is 4.69. The van der Waals surface area contributed by atoms with Gasteiger partial charge in [-0.1, -0.05) is 44.0 Å². The van der Waals surface area contributed by atoms with Gasteiger partial charge in [0.05, 0.1) is 6.10 Å². The van der Waals surface area contributed by atoms with Crippen LogP contribution in [0.25, 0.3) is 0 Å². The molecule has 92 valence electrons. The molecule has 4 atom stereocenters. The second kappa shape index (κ2) is 4.45. The zero-order chi connectivity index (χ0) is 11.8. The molecule has 1 fully saturated rings. The molecule has 1 N–H and O–H groups in total. The van der Waals surface area contributed by atoms with Gasteiger partial charge < -0.3 is 5.11 Å². The SMILES string of the molecule is CCCCC(O)C1C2CCc3ccccc3C21. The number of aliphatic hydroxyl groups is 1. The van der Waals surface area contributed by atoms with Crippen LogP contribution in [-0.4, -0.2) is 11.2 Å². The second-order valence-corrected chi connectivity index (χ2v) is 5.71. The van der Waals surface area contributed by atoms with E-state index in [0.717, 1.165) is 12.3 Å². The monoisotopic (exact) mass is 230 g/mol. The summed E-state index contributed by atoms with van der Waals surface area (Å²) < 4.78 is 0. The maximum Gasteiger partial charge on any atom is 0.0577 e. The van der Waals surface area contributed by atoms with Gasteiger partial charge >= 0.3 is 0 Å². The van der Waals surface area contributed by atoms with Crippen molar-refractivity contribution < 1.29 is 5.11 Å². The van der Waals surface area contributed by atoms with Gasteiger partial charge in [0.25, 0.3) is 0 Å². The molecule has 1 aromatic carbocycles. The Hall–Kier alpha value is -0.820. The molecule has 0 aromatic heterocycles. The molecule has 0 heterocycles. The first-order valence-electron chi connectivity index (χ1n) is 7.08. The summed E-state index contributed by atoms with van der Waals surface area (Å²) in [7, 11) is 0. The molecule has 0 bridgehead atoms. The second-order valence-electron chi connectivity index (χ2n) is 5.71. The largest absolute Gasteiger partial charge is 0.393 e. The van der Waals surface area contributed by atoms with E-state index in [-0.39, 0.29) is 6.10 Å². The van der Waals surface area contributed by atoms with Gasteiger partial charge in [-0.2, -0.15) is 0 Å². The van der Waals surface area contributed by atoms with Crippen molar-refractivity contribution in [3.63, 3.8) is 0 Å². The number of rotatable bonds is 4. The van der Waals surface area contributed by atoms with Crippen molar-refractivity contribution in [1.29, 1.82) is 0 Å². The average molecular weight is 230 g/mol. The van der Waals surface area contributed by atoms with E-state index in [2.05, 4.69) is 31.2 Å². The Balaban J connectivity index is 1.73. The molecule has 4 unspecified atom stereocenters. The van der Waals surface area contributed by atoms with E-state index in [1.54, 1.807) is 0 Å². The summed E-state index contributed by atoms with van der Waals surface area (Å²) in [6.45, 7) is 2.20. The molecule has 1 heteroatoms. The molecule has 0 spiro atoms. The highest BCUT2D eigenvalue weighted by molar-refractivity contribution is 5.39. The number of hydrogen-bond acceptors (Lipinski definition) is 1. The van der Waals surface area contributed by atoms with E-state index in [4.69, 9.17) is 0 Å². The molecule has 0 radical (unpaired) electrons. The molecule has 2 aliphatic carbocycles. The third-order valence-corrected chi connectivity index (χ3v) is 4.69. The number of fused-ring (bicyclic) bond motifs is 3. The number of benzene rings is 1. The van der Waals surface area contributed by atoms with E-state index in [9.17, 15) is 5.11 Å². The highest BCUT2D eigenvalue weighted by Crippen LogP contribution is 2.61. The molecule has 1 saturated carbocycles. The van der Waals surface area contributed by atoms with Crippen molar-refractivity contribution >= 4 is 0 Å². The predicted octanol–water partition coefficient (Wildman–Crippen LogP) is 3.51. The summed E-state index contributed by atoms with van der Waals surface area (Å²) in [6.07, 6.45) is 5.80. The summed E-state index contributed by atoms with van der Waals surface area (Å²) in [5.41, 5.74) is 3.06. The van der Waals surface area contributed by atoms with E-state index in [1.165, 1.54) is 36.8 Å². The van der Waals surface area contributed by atoms with Crippen LogP contribution in [-0.2, 0) is 6.42 Å². The lowest BCUT2D eigenvalue weighted by molar-refractivity contribution is 0.130. The maximum absolute atomic E-state index is 10.3. The molecule has 0 amide bonds. The van der Waals surface area contributed by atoms with Crippen molar-refractivity contribution in [2.24, 2.45) is 11.8 Å². The lowest BCUT2D eigenvalue weighted by Crippen LogP contribution is -2.10. The van der Waals surface area contributed by atoms with Gasteiger partial charge in [-0.25, -0.2) is 0 Å². The van der Waals surface area contributed by atoms with Gasteiger partial charge in [0.1, 0.15) is 0 Å². The fourth-order valence-corrected chi connectivity index (χ4v) is 3.75. The predicted molar refractivity (Wildman–Crippen MR) is 70.0 cm³/mol. The zero-order valence-corrected chi connectivity index (χ0v) is 10.6. The summed E-state index contributed by atoms with van der Waals surface area (Å²) >= 11 is 0. The minimum Gasteiger partial charge on any atom is -0.393 e. The van der Waals surface area contributed by atoms with E-state index in [0.29, 0.717) is 11.8 Å². The van der Waals surface area contributed by atoms with E-state index in [1.807, 2.05) is 0 Å². The fraction of sp³-hybridized carbons (Fsp3) is 0.625. The Morgan fingerprint density at radius 2 is 2.18 bits per heavy atom. The molecule has 17 heavy (non-hydrogen) atoms. The van der Waals surface area contributed by atoms with Gasteiger partial charge in [-0.05, 0) is 48.1 Å². The Bertz CT molecular complexity index is 398. The first-order chi connectivity index (χ1) is 8.33. The van der Waals surface area contributed by atoms with Crippen LogP contribution >= 0.6 is 0 Å². The van der Waals surface area contributed by atoms with Crippen LogP contribution in [0.5, 0.6) is 0 Å². The maximum atomic E-state index is 10.3. The van der Waals surface area contributed by atoms with E-state index >= 15 is 0 Å². The summed E-state index contributed by atoms with van der Waals surface area (Å²) in [5.74, 6) is 2.01. The molecule has 0 aliphatic heterocycles. The lowest BCUT2D eigenvalue weighted by atomic mass is 9.92. The number of aryl methyl sites for hydroxylation is 1. The summed E-state index contributed by atoms with van der Waals surface area (Å²) in [5, 5.41) is 10.3. The number of hydrogen-bond donors (Lipinski definition) is 1. The Morgan fingerprint density at radius 1 is 1.35 bits per heavy atom. The topological polar surface area (TPSA) is 20.2 Å². The first kappa shape index (κ1) is 11.3. The summed E-state index contributed by atoms with van der Waals surface area (Å²) in [4.78, 5) is 0. The minimum absolute atomic E-state index is 0.0592. The van der Waals surface area contributed by atoms with Crippen molar-refractivity contribution in [2.75, 3.05) is 0 Å². The van der Waals surface area contributed by atoms with Gasteiger partial charge in [-0.15, -0.1) is 0 Å². The van der Waals surface area contributed by atoms with Crippen LogP contribution < -0.4 is 0 Å². The molecule has 2 aliphatic rings. The van der Waals surface area contributed by atoms with Crippen molar-refractivity contribution in [2.45, 2.75) is 51.0 Å². The minimum atomic E-state index is -0.0592. The Kier molecular flexibility index (Phi) is 2.96. The highest BCUT2D eigenvalue weighted by atomic mass is 16.3. The smallest absolute Gasteiger partial charge is 0.0577 e. The molecular weight excluding hydrogens is 208 g/mol. The van der Waals surface area contributed by atoms with Crippen molar-refractivity contribution in [1.82, 2.24) is 0 Å². The Labute approximate surface area is 104 Å². The average Bonchev–Trinajstić information content (AvgIpc) is 3.11. The Morgan fingerprint density at radius 3 is 3.00 bits per heavy atom. The highest BCUT2D eigenvalue weighted by Gasteiger charge is 2.55. The molecular formula is C16H22O. The fourth-order valence-electron chi connectivity index (χ4n) is 3.75. The van der Waals surface area contributed by atoms with Crippen LogP contribution in [0.3, 0.4) is 0 Å². The normalized spacial score (nSPS) is 31.5. The first-order valence-corrected chi connectivity index (χ1v) is 7.08. The molecule has 0 saturated heterocycles. The molecule has 1 aromatic rings. The van der Waals surface area contributed by atoms with Gasteiger partial charge in [0.2, 0.25) is 0 Å². The zero-order valence-electron chi connectivity index (χ0n) is 10.6. The van der Waals surface area contributed by atoms with Crippen molar-refractivity contribution in [3.05, 3.63) is 35.4 Å². The summed E-state index contributed by atoms with van der Waals surface area (Å²) in [6, 6.07) is 8.83. The molecule has 1 nitrogen and oxygen atoms in total. The lowest BCUT2D eigenvalue weighted by Gasteiger charge is -2.13. The standard InChI is InChI=1S/C16H22O/c1-2-3-8-14(17)16-13-10-9-11-6-4-5-7-12(11)15(13)16/h4-7,13-17H,2-3,8-10H2,1H3. The van der Waals surface area contributed by atoms with Crippen LogP contribution in [0.1, 0.15) is 49.7 Å². The van der Waals surface area contributed by atoms with Crippen LogP contribution in [0, 0.1) is 11.8 Å². The van der Waals surface area contributed by atoms with Crippen molar-refractivity contribution in [3.8, 4) is 0 Å². The van der Waals surface area contributed by atoms with Crippen LogP contribution in [0.2, 0.25) is 0 Å². The van der Waals surface area contributed by atoms with Crippen LogP contribution in [0.15, 0.2) is 24.3 Å². The van der Waals surface area contributed by atoms with Crippen LogP contribution in [0.4, 0.5) is 0 Å². The molecule has 3 rings (SSSR count). The van der Waals surface area contributed by atoms with E-state index < -0.39 is 0 Å².